The molecule has 0 aromatic heterocycles. The Morgan fingerprint density at radius 1 is 1.38 bits per heavy atom. The van der Waals surface area contributed by atoms with Gasteiger partial charge in [0.25, 0.3) is 5.91 Å². The molecule has 0 aliphatic rings. The fraction of sp³-hybridized carbons (Fsp3) is 0.333. The van der Waals surface area contributed by atoms with Crippen LogP contribution in [-0.2, 0) is 4.74 Å². The highest BCUT2D eigenvalue weighted by Gasteiger charge is 2.04. The molecule has 86 valence electrons. The molecule has 3 nitrogen and oxygen atoms in total. The van der Waals surface area contributed by atoms with Crippen molar-refractivity contribution in [3.63, 3.8) is 0 Å². The van der Waals surface area contributed by atoms with Gasteiger partial charge in [0.2, 0.25) is 0 Å². The summed E-state index contributed by atoms with van der Waals surface area (Å²) in [5.74, 6) is -0.0834. The van der Waals surface area contributed by atoms with Crippen molar-refractivity contribution in [3.8, 4) is 0 Å². The normalized spacial score (nSPS) is 9.56. The minimum atomic E-state index is -0.0834. The molecule has 0 saturated heterocycles. The summed E-state index contributed by atoms with van der Waals surface area (Å²) in [7, 11) is 0. The third kappa shape index (κ3) is 4.40. The van der Waals surface area contributed by atoms with Gasteiger partial charge in [-0.15, -0.1) is 0 Å². The molecule has 0 spiro atoms. The predicted octanol–water partition coefficient (Wildman–Crippen LogP) is 2.17. The largest absolute Gasteiger partial charge is 0.487 e. The van der Waals surface area contributed by atoms with E-state index in [0.717, 1.165) is 0 Å². The highest BCUT2D eigenvalue weighted by Crippen LogP contribution is 1.98. The van der Waals surface area contributed by atoms with Gasteiger partial charge < -0.3 is 10.1 Å². The molecule has 0 bridgehead atoms. The van der Waals surface area contributed by atoms with E-state index in [9.17, 15) is 4.79 Å². The first kappa shape index (κ1) is 12.6. The third-order valence-corrected chi connectivity index (χ3v) is 2.28. The van der Waals surface area contributed by atoms with Gasteiger partial charge in [0.15, 0.2) is 5.05 Å². The van der Waals surface area contributed by atoms with E-state index in [0.29, 0.717) is 30.2 Å². The molecule has 0 unspecified atom stereocenters. The van der Waals surface area contributed by atoms with Crippen molar-refractivity contribution in [2.45, 2.75) is 13.3 Å². The molecule has 1 aromatic rings. The van der Waals surface area contributed by atoms with E-state index in [4.69, 9.17) is 17.0 Å². The first-order valence-electron chi connectivity index (χ1n) is 5.23. The SMILES string of the molecule is CCOC(=S)CCNC(=O)c1ccccc1. The highest BCUT2D eigenvalue weighted by molar-refractivity contribution is 7.80. The van der Waals surface area contributed by atoms with Crippen molar-refractivity contribution in [1.29, 1.82) is 0 Å². The van der Waals surface area contributed by atoms with Gasteiger partial charge in [-0.1, -0.05) is 18.2 Å². The molecule has 0 fully saturated rings. The molecule has 4 heteroatoms. The zero-order valence-electron chi connectivity index (χ0n) is 9.23. The number of hydrogen-bond donors (Lipinski definition) is 1. The molecule has 0 aliphatic heterocycles. The third-order valence-electron chi connectivity index (χ3n) is 1.96. The molecule has 1 amide bonds. The molecule has 0 aliphatic carbocycles. The predicted molar refractivity (Wildman–Crippen MR) is 67.6 cm³/mol. The van der Waals surface area contributed by atoms with Gasteiger partial charge in [-0.05, 0) is 31.3 Å². The summed E-state index contributed by atoms with van der Waals surface area (Å²) in [6.45, 7) is 2.97. The molecule has 0 radical (unpaired) electrons. The number of carbonyl (C=O) groups is 1. The topological polar surface area (TPSA) is 38.3 Å². The Labute approximate surface area is 101 Å². The molecule has 1 aromatic carbocycles. The second-order valence-corrected chi connectivity index (χ2v) is 3.63. The van der Waals surface area contributed by atoms with Crippen LogP contribution < -0.4 is 5.32 Å². The van der Waals surface area contributed by atoms with Crippen molar-refractivity contribution in [2.75, 3.05) is 13.2 Å². The summed E-state index contributed by atoms with van der Waals surface area (Å²) in [4.78, 5) is 11.6. The maximum absolute atomic E-state index is 11.6. The van der Waals surface area contributed by atoms with Gasteiger partial charge in [-0.25, -0.2) is 0 Å². The first-order valence-corrected chi connectivity index (χ1v) is 5.63. The van der Waals surface area contributed by atoms with Gasteiger partial charge in [-0.2, -0.15) is 0 Å². The van der Waals surface area contributed by atoms with Crippen molar-refractivity contribution < 1.29 is 9.53 Å². The Balaban J connectivity index is 2.29. The fourth-order valence-electron chi connectivity index (χ4n) is 1.20. The monoisotopic (exact) mass is 237 g/mol. The number of thiocarbonyl (C=S) groups is 1. The van der Waals surface area contributed by atoms with Crippen molar-refractivity contribution in [2.24, 2.45) is 0 Å². The standard InChI is InChI=1S/C12H15NO2S/c1-2-15-11(16)8-9-13-12(14)10-6-4-3-5-7-10/h3-7H,2,8-9H2,1H3,(H,13,14). The lowest BCUT2D eigenvalue weighted by molar-refractivity contribution is 0.0954. The molecular weight excluding hydrogens is 222 g/mol. The number of nitrogens with one attached hydrogen (secondary N) is 1. The lowest BCUT2D eigenvalue weighted by Crippen LogP contribution is -2.26. The van der Waals surface area contributed by atoms with E-state index in [1.54, 1.807) is 12.1 Å². The summed E-state index contributed by atoms with van der Waals surface area (Å²) >= 11 is 4.95. The van der Waals surface area contributed by atoms with Crippen LogP contribution in [0.1, 0.15) is 23.7 Å². The zero-order valence-corrected chi connectivity index (χ0v) is 10.0. The van der Waals surface area contributed by atoms with Gasteiger partial charge >= 0.3 is 0 Å². The Morgan fingerprint density at radius 2 is 2.06 bits per heavy atom. The number of rotatable bonds is 5. The molecule has 1 N–H and O–H groups in total. The Morgan fingerprint density at radius 3 is 2.69 bits per heavy atom. The van der Waals surface area contributed by atoms with Crippen LogP contribution in [0.4, 0.5) is 0 Å². The Bertz CT molecular complexity index is 351. The van der Waals surface area contributed by atoms with Crippen LogP contribution in [-0.4, -0.2) is 24.1 Å². The van der Waals surface area contributed by atoms with Gasteiger partial charge in [-0.3, -0.25) is 4.79 Å². The number of amides is 1. The smallest absolute Gasteiger partial charge is 0.251 e. The average Bonchev–Trinajstić information content (AvgIpc) is 2.30. The zero-order chi connectivity index (χ0) is 11.8. The van der Waals surface area contributed by atoms with Crippen LogP contribution >= 0.6 is 12.2 Å². The second kappa shape index (κ2) is 6.95. The van der Waals surface area contributed by atoms with E-state index < -0.39 is 0 Å². The van der Waals surface area contributed by atoms with Crippen molar-refractivity contribution in [1.82, 2.24) is 5.32 Å². The Hall–Kier alpha value is -1.42. The number of benzene rings is 1. The lowest BCUT2D eigenvalue weighted by Gasteiger charge is -2.06. The van der Waals surface area contributed by atoms with Crippen LogP contribution in [0.3, 0.4) is 0 Å². The minimum Gasteiger partial charge on any atom is -0.487 e. The van der Waals surface area contributed by atoms with Crippen molar-refractivity contribution in [3.05, 3.63) is 35.9 Å². The second-order valence-electron chi connectivity index (χ2n) is 3.18. The number of carbonyl (C=O) groups excluding carboxylic acids is 1. The highest BCUT2D eigenvalue weighted by atomic mass is 32.1. The van der Waals surface area contributed by atoms with E-state index in [1.165, 1.54) is 0 Å². The van der Waals surface area contributed by atoms with E-state index in [2.05, 4.69) is 5.32 Å². The summed E-state index contributed by atoms with van der Waals surface area (Å²) in [6, 6.07) is 9.09. The molecule has 1 rings (SSSR count). The van der Waals surface area contributed by atoms with Gasteiger partial charge in [0.1, 0.15) is 0 Å². The summed E-state index contributed by atoms with van der Waals surface area (Å²) in [5.41, 5.74) is 0.657. The molecule has 0 atom stereocenters. The van der Waals surface area contributed by atoms with Crippen LogP contribution in [0, 0.1) is 0 Å². The van der Waals surface area contributed by atoms with E-state index >= 15 is 0 Å². The molecule has 0 saturated carbocycles. The number of ether oxygens (including phenoxy) is 1. The van der Waals surface area contributed by atoms with Crippen LogP contribution in [0.2, 0.25) is 0 Å². The van der Waals surface area contributed by atoms with E-state index in [1.807, 2.05) is 25.1 Å². The maximum atomic E-state index is 11.6. The van der Waals surface area contributed by atoms with Crippen molar-refractivity contribution >= 4 is 23.2 Å². The molecule has 0 heterocycles. The quantitative estimate of drug-likeness (QED) is 0.798. The van der Waals surface area contributed by atoms with Crippen LogP contribution in [0.5, 0.6) is 0 Å². The summed E-state index contributed by atoms with van der Waals surface area (Å²) in [6.07, 6.45) is 0.571. The lowest BCUT2D eigenvalue weighted by atomic mass is 10.2. The van der Waals surface area contributed by atoms with Gasteiger partial charge in [0, 0.05) is 18.5 Å². The fourth-order valence-corrected chi connectivity index (χ4v) is 1.42. The number of hydrogen-bond acceptors (Lipinski definition) is 3. The molecular formula is C12H15NO2S. The minimum absolute atomic E-state index is 0.0834. The van der Waals surface area contributed by atoms with E-state index in [-0.39, 0.29) is 5.91 Å². The average molecular weight is 237 g/mol. The van der Waals surface area contributed by atoms with Crippen LogP contribution in [0.25, 0.3) is 0 Å². The maximum Gasteiger partial charge on any atom is 0.251 e. The van der Waals surface area contributed by atoms with Gasteiger partial charge in [0.05, 0.1) is 6.61 Å². The summed E-state index contributed by atoms with van der Waals surface area (Å²) < 4.78 is 5.11. The van der Waals surface area contributed by atoms with Crippen LogP contribution in [0.15, 0.2) is 30.3 Å². The summed E-state index contributed by atoms with van der Waals surface area (Å²) in [5, 5.41) is 3.32. The molecule has 16 heavy (non-hydrogen) atoms. The first-order chi connectivity index (χ1) is 7.74. The Kier molecular flexibility index (Phi) is 5.50.